The van der Waals surface area contributed by atoms with Gasteiger partial charge in [0, 0.05) is 24.9 Å². The molecule has 1 aliphatic heterocycles. The molecule has 12 heavy (non-hydrogen) atoms. The minimum Gasteiger partial charge on any atom is -0.352 e. The van der Waals surface area contributed by atoms with Gasteiger partial charge in [0.25, 0.3) is 0 Å². The molecular formula is C8H15ClN2O. The Bertz CT molecular complexity index is 146. The monoisotopic (exact) mass is 190 g/mol. The zero-order valence-electron chi connectivity index (χ0n) is 7.11. The Morgan fingerprint density at radius 1 is 1.67 bits per heavy atom. The Morgan fingerprint density at radius 2 is 2.50 bits per heavy atom. The average Bonchev–Trinajstić information content (AvgIpc) is 2.06. The van der Waals surface area contributed by atoms with Crippen LogP contribution in [0.25, 0.3) is 0 Å². The van der Waals surface area contributed by atoms with Gasteiger partial charge >= 0.3 is 0 Å². The van der Waals surface area contributed by atoms with Crippen LogP contribution < -0.4 is 10.6 Å². The van der Waals surface area contributed by atoms with E-state index in [0.29, 0.717) is 18.3 Å². The smallest absolute Gasteiger partial charge is 0.221 e. The number of hydrogen-bond donors (Lipinski definition) is 2. The summed E-state index contributed by atoms with van der Waals surface area (Å²) in [6.07, 6.45) is 2.66. The third-order valence-electron chi connectivity index (χ3n) is 1.98. The number of alkyl halides is 1. The number of nitrogens with one attached hydrogen (secondary N) is 2. The molecule has 0 unspecified atom stereocenters. The van der Waals surface area contributed by atoms with E-state index in [-0.39, 0.29) is 5.91 Å². The SMILES string of the molecule is O=C(CCCl)N[C@@H]1CCCNC1. The largest absolute Gasteiger partial charge is 0.352 e. The van der Waals surface area contributed by atoms with Gasteiger partial charge in [-0.05, 0) is 19.4 Å². The van der Waals surface area contributed by atoms with Crippen LogP contribution in [0.1, 0.15) is 19.3 Å². The van der Waals surface area contributed by atoms with Gasteiger partial charge in [0.1, 0.15) is 0 Å². The van der Waals surface area contributed by atoms with E-state index in [1.807, 2.05) is 0 Å². The van der Waals surface area contributed by atoms with E-state index in [1.54, 1.807) is 0 Å². The average molecular weight is 191 g/mol. The summed E-state index contributed by atoms with van der Waals surface area (Å²) < 4.78 is 0. The molecule has 1 saturated heterocycles. The van der Waals surface area contributed by atoms with Gasteiger partial charge in [-0.15, -0.1) is 11.6 Å². The summed E-state index contributed by atoms with van der Waals surface area (Å²) in [5.74, 6) is 0.477. The van der Waals surface area contributed by atoms with Gasteiger partial charge in [0.15, 0.2) is 0 Å². The number of amides is 1. The number of hydrogen-bond acceptors (Lipinski definition) is 2. The first-order valence-corrected chi connectivity index (χ1v) is 4.92. The predicted octanol–water partition coefficient (Wildman–Crippen LogP) is 0.483. The van der Waals surface area contributed by atoms with Crippen LogP contribution in [0.2, 0.25) is 0 Å². The molecule has 1 rings (SSSR count). The summed E-state index contributed by atoms with van der Waals surface area (Å²) in [5, 5.41) is 6.17. The quantitative estimate of drug-likeness (QED) is 0.636. The molecule has 1 amide bonds. The van der Waals surface area contributed by atoms with Crippen molar-refractivity contribution in [1.82, 2.24) is 10.6 Å². The summed E-state index contributed by atoms with van der Waals surface area (Å²) in [6, 6.07) is 0.314. The van der Waals surface area contributed by atoms with E-state index in [2.05, 4.69) is 10.6 Å². The molecule has 0 aromatic rings. The molecule has 0 aromatic carbocycles. The number of rotatable bonds is 3. The topological polar surface area (TPSA) is 41.1 Å². The lowest BCUT2D eigenvalue weighted by molar-refractivity contribution is -0.121. The first-order valence-electron chi connectivity index (χ1n) is 4.39. The van der Waals surface area contributed by atoms with Crippen molar-refractivity contribution in [3.8, 4) is 0 Å². The van der Waals surface area contributed by atoms with Crippen molar-refractivity contribution in [2.24, 2.45) is 0 Å². The lowest BCUT2D eigenvalue weighted by Gasteiger charge is -2.23. The van der Waals surface area contributed by atoms with Crippen molar-refractivity contribution >= 4 is 17.5 Å². The van der Waals surface area contributed by atoms with Gasteiger partial charge in [-0.25, -0.2) is 0 Å². The van der Waals surface area contributed by atoms with Gasteiger partial charge in [-0.2, -0.15) is 0 Å². The zero-order valence-corrected chi connectivity index (χ0v) is 7.86. The van der Waals surface area contributed by atoms with Crippen molar-refractivity contribution in [3.63, 3.8) is 0 Å². The Hall–Kier alpha value is -0.280. The van der Waals surface area contributed by atoms with E-state index < -0.39 is 0 Å². The second-order valence-electron chi connectivity index (χ2n) is 3.05. The molecule has 70 valence electrons. The van der Waals surface area contributed by atoms with Crippen molar-refractivity contribution < 1.29 is 4.79 Å². The van der Waals surface area contributed by atoms with Gasteiger partial charge in [0.05, 0.1) is 0 Å². The minimum atomic E-state index is 0.0682. The number of carbonyl (C=O) groups is 1. The fourth-order valence-corrected chi connectivity index (χ4v) is 1.53. The van der Waals surface area contributed by atoms with Crippen LogP contribution in [0.4, 0.5) is 0 Å². The molecule has 3 nitrogen and oxygen atoms in total. The summed E-state index contributed by atoms with van der Waals surface area (Å²) in [4.78, 5) is 11.1. The van der Waals surface area contributed by atoms with Crippen LogP contribution in [-0.4, -0.2) is 30.9 Å². The maximum Gasteiger partial charge on any atom is 0.221 e. The molecular weight excluding hydrogens is 176 g/mol. The molecule has 1 atom stereocenters. The van der Waals surface area contributed by atoms with Gasteiger partial charge < -0.3 is 10.6 Å². The molecule has 0 bridgehead atoms. The molecule has 0 saturated carbocycles. The zero-order chi connectivity index (χ0) is 8.81. The van der Waals surface area contributed by atoms with Crippen molar-refractivity contribution in [3.05, 3.63) is 0 Å². The second kappa shape index (κ2) is 5.38. The molecule has 0 radical (unpaired) electrons. The maximum atomic E-state index is 11.1. The van der Waals surface area contributed by atoms with Crippen molar-refractivity contribution in [2.75, 3.05) is 19.0 Å². The van der Waals surface area contributed by atoms with Crippen LogP contribution >= 0.6 is 11.6 Å². The van der Waals surface area contributed by atoms with Crippen LogP contribution in [0.5, 0.6) is 0 Å². The fourth-order valence-electron chi connectivity index (χ4n) is 1.36. The molecule has 0 spiro atoms. The van der Waals surface area contributed by atoms with E-state index in [4.69, 9.17) is 11.6 Å². The van der Waals surface area contributed by atoms with Crippen molar-refractivity contribution in [2.45, 2.75) is 25.3 Å². The predicted molar refractivity (Wildman–Crippen MR) is 49.4 cm³/mol. The third-order valence-corrected chi connectivity index (χ3v) is 2.17. The third kappa shape index (κ3) is 3.41. The summed E-state index contributed by atoms with van der Waals surface area (Å²) in [7, 11) is 0. The van der Waals surface area contributed by atoms with Crippen LogP contribution in [0, 0.1) is 0 Å². The minimum absolute atomic E-state index is 0.0682. The van der Waals surface area contributed by atoms with Crippen molar-refractivity contribution in [1.29, 1.82) is 0 Å². The Balaban J connectivity index is 2.15. The van der Waals surface area contributed by atoms with Crippen LogP contribution in [-0.2, 0) is 4.79 Å². The van der Waals surface area contributed by atoms with E-state index >= 15 is 0 Å². The van der Waals surface area contributed by atoms with Gasteiger partial charge in [-0.3, -0.25) is 4.79 Å². The Kier molecular flexibility index (Phi) is 4.40. The first kappa shape index (κ1) is 9.81. The Labute approximate surface area is 77.9 Å². The fraction of sp³-hybridized carbons (Fsp3) is 0.875. The van der Waals surface area contributed by atoms with E-state index in [0.717, 1.165) is 25.9 Å². The Morgan fingerprint density at radius 3 is 3.08 bits per heavy atom. The van der Waals surface area contributed by atoms with Gasteiger partial charge in [-0.1, -0.05) is 0 Å². The number of piperidine rings is 1. The van der Waals surface area contributed by atoms with E-state index in [1.165, 1.54) is 0 Å². The maximum absolute atomic E-state index is 11.1. The molecule has 1 heterocycles. The molecule has 1 fully saturated rings. The van der Waals surface area contributed by atoms with Crippen LogP contribution in [0.15, 0.2) is 0 Å². The normalized spacial score (nSPS) is 23.6. The first-order chi connectivity index (χ1) is 5.83. The van der Waals surface area contributed by atoms with Gasteiger partial charge in [0.2, 0.25) is 5.91 Å². The highest BCUT2D eigenvalue weighted by Crippen LogP contribution is 2.01. The number of halogens is 1. The summed E-state index contributed by atoms with van der Waals surface area (Å²) >= 11 is 5.44. The summed E-state index contributed by atoms with van der Waals surface area (Å²) in [6.45, 7) is 1.97. The highest BCUT2D eigenvalue weighted by atomic mass is 35.5. The lowest BCUT2D eigenvalue weighted by Crippen LogP contribution is -2.45. The highest BCUT2D eigenvalue weighted by Gasteiger charge is 2.14. The summed E-state index contributed by atoms with van der Waals surface area (Å²) in [5.41, 5.74) is 0. The molecule has 0 aromatic heterocycles. The lowest BCUT2D eigenvalue weighted by atomic mass is 10.1. The standard InChI is InChI=1S/C8H15ClN2O/c9-4-3-8(12)11-7-2-1-5-10-6-7/h7,10H,1-6H2,(H,11,12)/t7-/m1/s1. The molecule has 1 aliphatic rings. The van der Waals surface area contributed by atoms with Crippen LogP contribution in [0.3, 0.4) is 0 Å². The molecule has 4 heteroatoms. The number of carbonyl (C=O) groups excluding carboxylic acids is 1. The molecule has 2 N–H and O–H groups in total. The van der Waals surface area contributed by atoms with E-state index in [9.17, 15) is 4.79 Å². The second-order valence-corrected chi connectivity index (χ2v) is 3.43. The molecule has 0 aliphatic carbocycles. The highest BCUT2D eigenvalue weighted by molar-refractivity contribution is 6.18.